The Morgan fingerprint density at radius 1 is 1.16 bits per heavy atom. The summed E-state index contributed by atoms with van der Waals surface area (Å²) in [5, 5.41) is 20.3. The lowest BCUT2D eigenvalue weighted by Gasteiger charge is -2.37. The fourth-order valence-corrected chi connectivity index (χ4v) is 5.68. The van der Waals surface area contributed by atoms with Crippen LogP contribution in [0.4, 0.5) is 14.6 Å². The summed E-state index contributed by atoms with van der Waals surface area (Å²) in [5.74, 6) is -1.42. The van der Waals surface area contributed by atoms with E-state index < -0.39 is 29.6 Å². The van der Waals surface area contributed by atoms with Crippen LogP contribution in [0.1, 0.15) is 49.6 Å². The summed E-state index contributed by atoms with van der Waals surface area (Å²) in [5.41, 5.74) is 1.62. The summed E-state index contributed by atoms with van der Waals surface area (Å²) in [6, 6.07) is 10.9. The van der Waals surface area contributed by atoms with Crippen LogP contribution in [0.15, 0.2) is 42.5 Å². The van der Waals surface area contributed by atoms with E-state index in [0.29, 0.717) is 5.82 Å². The van der Waals surface area contributed by atoms with Gasteiger partial charge in [0.1, 0.15) is 24.1 Å². The number of halogens is 2. The molecule has 0 spiro atoms. The molecule has 32 heavy (non-hydrogen) atoms. The molecular formula is C24H22F2N4O2. The molecule has 1 amide bonds. The highest BCUT2D eigenvalue weighted by atomic mass is 19.1. The highest BCUT2D eigenvalue weighted by Gasteiger charge is 2.65. The first-order valence-corrected chi connectivity index (χ1v) is 10.5. The van der Waals surface area contributed by atoms with Crippen molar-refractivity contribution in [1.82, 2.24) is 15.2 Å². The van der Waals surface area contributed by atoms with Gasteiger partial charge in [0.2, 0.25) is 0 Å². The number of aliphatic hydroxyl groups is 1. The largest absolute Gasteiger partial charge is 0.387 e. The highest BCUT2D eigenvalue weighted by molar-refractivity contribution is 5.90. The number of carbonyl (C=O) groups excluding carboxylic acids is 1. The minimum Gasteiger partial charge on any atom is -0.387 e. The van der Waals surface area contributed by atoms with E-state index in [0.717, 1.165) is 29.8 Å². The van der Waals surface area contributed by atoms with Crippen molar-refractivity contribution in [3.8, 4) is 11.3 Å². The van der Waals surface area contributed by atoms with Gasteiger partial charge in [-0.05, 0) is 60.1 Å². The molecule has 2 N–H and O–H groups in total. The maximum Gasteiger partial charge on any atom is 0.251 e. The molecule has 2 aromatic heterocycles. The van der Waals surface area contributed by atoms with Gasteiger partial charge in [-0.1, -0.05) is 26.0 Å². The molecule has 3 aromatic rings. The van der Waals surface area contributed by atoms with Crippen LogP contribution in [-0.4, -0.2) is 32.8 Å². The molecule has 0 aliphatic heterocycles. The number of pyridine rings is 1. The average molecular weight is 436 g/mol. The normalized spacial score (nSPS) is 22.6. The second-order valence-corrected chi connectivity index (χ2v) is 8.96. The standard InChI is InChI=1S/C24H22F2N4O2/c1-23(2)14-9-10-24(23,18-7-4-8-19(27-18)28-20(32)12-31)22-13(14)11-17(29-30-22)21-15(25)5-3-6-16(21)26/h3-8,11,14,31H,9-10,12H2,1-2H3,(H,27,28,32)/t14-,24+/m0/s1. The Hall–Kier alpha value is -3.26. The van der Waals surface area contributed by atoms with E-state index in [1.54, 1.807) is 12.1 Å². The zero-order valence-corrected chi connectivity index (χ0v) is 17.7. The van der Waals surface area contributed by atoms with E-state index in [1.165, 1.54) is 18.2 Å². The lowest BCUT2D eigenvalue weighted by Crippen LogP contribution is -2.38. The minimum absolute atomic E-state index is 0.124. The molecule has 5 rings (SSSR count). The number of nitrogens with zero attached hydrogens (tertiary/aromatic N) is 3. The van der Waals surface area contributed by atoms with Gasteiger partial charge in [0, 0.05) is 0 Å². The Morgan fingerprint density at radius 3 is 2.59 bits per heavy atom. The van der Waals surface area contributed by atoms with E-state index in [2.05, 4.69) is 34.3 Å². The maximum absolute atomic E-state index is 14.4. The molecule has 2 aliphatic rings. The predicted octanol–water partition coefficient (Wildman–Crippen LogP) is 3.95. The van der Waals surface area contributed by atoms with Gasteiger partial charge in [0.25, 0.3) is 5.91 Å². The van der Waals surface area contributed by atoms with Crippen molar-refractivity contribution in [2.24, 2.45) is 5.41 Å². The molecular weight excluding hydrogens is 414 g/mol. The minimum atomic E-state index is -0.676. The second-order valence-electron chi connectivity index (χ2n) is 8.96. The SMILES string of the molecule is CC1(C)[C@H]2CC[C@@]1(c1cccc(NC(=O)CO)n1)c1nnc(-c3c(F)cccc3F)cc12. The summed E-state index contributed by atoms with van der Waals surface area (Å²) in [7, 11) is 0. The van der Waals surface area contributed by atoms with E-state index in [4.69, 9.17) is 5.11 Å². The summed E-state index contributed by atoms with van der Waals surface area (Å²) >= 11 is 0. The van der Waals surface area contributed by atoms with Crippen LogP contribution < -0.4 is 5.32 Å². The van der Waals surface area contributed by atoms with Gasteiger partial charge in [-0.3, -0.25) is 4.79 Å². The molecule has 8 heteroatoms. The van der Waals surface area contributed by atoms with Gasteiger partial charge < -0.3 is 10.4 Å². The predicted molar refractivity (Wildman–Crippen MR) is 114 cm³/mol. The van der Waals surface area contributed by atoms with Crippen molar-refractivity contribution < 1.29 is 18.7 Å². The van der Waals surface area contributed by atoms with Gasteiger partial charge in [0.05, 0.1) is 28.1 Å². The smallest absolute Gasteiger partial charge is 0.251 e. The Morgan fingerprint density at radius 2 is 1.88 bits per heavy atom. The molecule has 2 heterocycles. The quantitative estimate of drug-likeness (QED) is 0.647. The van der Waals surface area contributed by atoms with E-state index in [9.17, 15) is 13.6 Å². The van der Waals surface area contributed by atoms with E-state index in [-0.39, 0.29) is 22.6 Å². The highest BCUT2D eigenvalue weighted by Crippen LogP contribution is 2.69. The fourth-order valence-electron chi connectivity index (χ4n) is 5.68. The van der Waals surface area contributed by atoms with Gasteiger partial charge in [-0.15, -0.1) is 5.10 Å². The van der Waals surface area contributed by atoms with Gasteiger partial charge in [0.15, 0.2) is 0 Å². The second kappa shape index (κ2) is 7.13. The number of nitrogens with one attached hydrogen (secondary N) is 1. The average Bonchev–Trinajstić information content (AvgIpc) is 3.15. The summed E-state index contributed by atoms with van der Waals surface area (Å²) in [6.07, 6.45) is 1.67. The molecule has 0 saturated heterocycles. The monoisotopic (exact) mass is 436 g/mol. The number of hydrogen-bond acceptors (Lipinski definition) is 5. The van der Waals surface area contributed by atoms with Crippen LogP contribution >= 0.6 is 0 Å². The number of amides is 1. The third-order valence-corrected chi connectivity index (χ3v) is 7.20. The number of aliphatic hydroxyl groups excluding tert-OH is 1. The maximum atomic E-state index is 14.4. The number of carbonyl (C=O) groups is 1. The van der Waals surface area contributed by atoms with Crippen LogP contribution in [0.3, 0.4) is 0 Å². The number of fused-ring (bicyclic) bond motifs is 5. The van der Waals surface area contributed by atoms with Crippen molar-refractivity contribution >= 4 is 11.7 Å². The topological polar surface area (TPSA) is 88.0 Å². The first-order chi connectivity index (χ1) is 15.3. The number of anilines is 1. The van der Waals surface area contributed by atoms with Crippen molar-refractivity contribution in [2.75, 3.05) is 11.9 Å². The van der Waals surface area contributed by atoms with Gasteiger partial charge in [-0.2, -0.15) is 5.10 Å². The lowest BCUT2D eigenvalue weighted by molar-refractivity contribution is -0.118. The summed E-state index contributed by atoms with van der Waals surface area (Å²) in [4.78, 5) is 16.3. The molecule has 2 aliphatic carbocycles. The van der Waals surface area contributed by atoms with Crippen LogP contribution in [0.5, 0.6) is 0 Å². The third-order valence-electron chi connectivity index (χ3n) is 7.20. The zero-order valence-electron chi connectivity index (χ0n) is 17.7. The Bertz CT molecular complexity index is 1230. The van der Waals surface area contributed by atoms with Gasteiger partial charge in [-0.25, -0.2) is 13.8 Å². The van der Waals surface area contributed by atoms with Gasteiger partial charge >= 0.3 is 0 Å². The third kappa shape index (κ3) is 2.72. The molecule has 2 atom stereocenters. The van der Waals surface area contributed by atoms with Crippen LogP contribution in [0.2, 0.25) is 0 Å². The number of aromatic nitrogens is 3. The number of rotatable bonds is 4. The first-order valence-electron chi connectivity index (χ1n) is 10.5. The van der Waals surface area contributed by atoms with Crippen molar-refractivity contribution in [1.29, 1.82) is 0 Å². The van der Waals surface area contributed by atoms with Crippen molar-refractivity contribution in [3.63, 3.8) is 0 Å². The van der Waals surface area contributed by atoms with E-state index >= 15 is 0 Å². The van der Waals surface area contributed by atoms with E-state index in [1.807, 2.05) is 12.1 Å². The van der Waals surface area contributed by atoms with Crippen LogP contribution in [-0.2, 0) is 10.2 Å². The first kappa shape index (κ1) is 20.6. The summed E-state index contributed by atoms with van der Waals surface area (Å²) in [6.45, 7) is 3.67. The molecule has 1 aromatic carbocycles. The van der Waals surface area contributed by atoms with Crippen molar-refractivity contribution in [3.05, 3.63) is 71.1 Å². The molecule has 164 valence electrons. The summed E-state index contributed by atoms with van der Waals surface area (Å²) < 4.78 is 28.8. The van der Waals surface area contributed by atoms with Crippen LogP contribution in [0.25, 0.3) is 11.3 Å². The molecule has 1 saturated carbocycles. The lowest BCUT2D eigenvalue weighted by atomic mass is 9.66. The fraction of sp³-hybridized carbons (Fsp3) is 0.333. The number of hydrogen-bond donors (Lipinski definition) is 2. The molecule has 2 bridgehead atoms. The van der Waals surface area contributed by atoms with Crippen molar-refractivity contribution in [2.45, 2.75) is 38.0 Å². The molecule has 6 nitrogen and oxygen atoms in total. The molecule has 0 unspecified atom stereocenters. The Balaban J connectivity index is 1.65. The molecule has 1 fully saturated rings. The Kier molecular flexibility index (Phi) is 4.60. The number of benzene rings is 1. The molecule has 0 radical (unpaired) electrons. The Labute approximate surface area is 183 Å². The van der Waals surface area contributed by atoms with Crippen LogP contribution in [0, 0.1) is 17.0 Å². The zero-order chi connectivity index (χ0) is 22.7.